The first-order chi connectivity index (χ1) is 11.5. The molecule has 1 N–H and O–H groups in total. The lowest BCUT2D eigenvalue weighted by molar-refractivity contribution is 0.0959. The van der Waals surface area contributed by atoms with E-state index in [0.717, 1.165) is 12.1 Å². The van der Waals surface area contributed by atoms with Gasteiger partial charge in [0.1, 0.15) is 12.4 Å². The van der Waals surface area contributed by atoms with Gasteiger partial charge in [0.25, 0.3) is 5.91 Å². The van der Waals surface area contributed by atoms with Crippen LogP contribution < -0.4 is 10.1 Å². The van der Waals surface area contributed by atoms with Gasteiger partial charge in [-0.05, 0) is 30.3 Å². The summed E-state index contributed by atoms with van der Waals surface area (Å²) < 4.78 is 31.1. The van der Waals surface area contributed by atoms with Crippen molar-refractivity contribution in [1.29, 1.82) is 0 Å². The van der Waals surface area contributed by atoms with Crippen LogP contribution in [-0.2, 0) is 0 Å². The number of amides is 1. The number of halogens is 4. The normalized spacial score (nSPS) is 9.83. The maximum atomic E-state index is 13.3. The van der Waals surface area contributed by atoms with Crippen molar-refractivity contribution in [2.24, 2.45) is 0 Å². The molecule has 0 aliphatic rings. The van der Waals surface area contributed by atoms with Crippen molar-refractivity contribution in [2.75, 3.05) is 13.2 Å². The van der Waals surface area contributed by atoms with Crippen LogP contribution in [0.1, 0.15) is 10.4 Å². The van der Waals surface area contributed by atoms with Gasteiger partial charge in [0.15, 0.2) is 11.6 Å². The number of carbonyl (C=O) groups excluding carboxylic acids is 1. The molecular formula is C17H11Cl2F2NO2. The molecule has 0 atom stereocenters. The third kappa shape index (κ3) is 5.12. The summed E-state index contributed by atoms with van der Waals surface area (Å²) >= 11 is 11.7. The van der Waals surface area contributed by atoms with Crippen molar-refractivity contribution in [3.8, 4) is 17.6 Å². The van der Waals surface area contributed by atoms with Crippen molar-refractivity contribution in [3.05, 3.63) is 63.6 Å². The number of carbonyl (C=O) groups is 1. The summed E-state index contributed by atoms with van der Waals surface area (Å²) in [6.45, 7) is -0.0346. The number of hydrogen-bond acceptors (Lipinski definition) is 2. The van der Waals surface area contributed by atoms with Crippen LogP contribution in [0, 0.1) is 23.5 Å². The SMILES string of the molecule is O=C(NCC#CCOc1ccc(F)cc1F)c1ccc(Cl)cc1Cl. The zero-order chi connectivity index (χ0) is 17.5. The molecule has 7 heteroatoms. The highest BCUT2D eigenvalue weighted by atomic mass is 35.5. The molecule has 24 heavy (non-hydrogen) atoms. The van der Waals surface area contributed by atoms with Gasteiger partial charge in [0.05, 0.1) is 17.1 Å². The van der Waals surface area contributed by atoms with Gasteiger partial charge in [0, 0.05) is 11.1 Å². The fourth-order valence-corrected chi connectivity index (χ4v) is 2.21. The standard InChI is InChI=1S/C17H11Cl2F2NO2/c18-11-3-5-13(14(19)9-11)17(23)22-7-1-2-8-24-16-6-4-12(20)10-15(16)21/h3-6,9-10H,7-8H2,(H,22,23). The van der Waals surface area contributed by atoms with Gasteiger partial charge in [-0.2, -0.15) is 0 Å². The molecule has 0 heterocycles. The monoisotopic (exact) mass is 369 g/mol. The Balaban J connectivity index is 1.80. The molecule has 124 valence electrons. The maximum Gasteiger partial charge on any atom is 0.253 e. The van der Waals surface area contributed by atoms with Gasteiger partial charge in [-0.1, -0.05) is 35.0 Å². The third-order valence-corrected chi connectivity index (χ3v) is 3.38. The van der Waals surface area contributed by atoms with Crippen molar-refractivity contribution < 1.29 is 18.3 Å². The predicted molar refractivity (Wildman–Crippen MR) is 88.4 cm³/mol. The van der Waals surface area contributed by atoms with E-state index >= 15 is 0 Å². The average molecular weight is 370 g/mol. The number of benzene rings is 2. The molecule has 2 aromatic carbocycles. The molecule has 0 saturated heterocycles. The number of hydrogen-bond donors (Lipinski definition) is 1. The zero-order valence-electron chi connectivity index (χ0n) is 12.2. The zero-order valence-corrected chi connectivity index (χ0v) is 13.7. The Morgan fingerprint density at radius 2 is 1.92 bits per heavy atom. The van der Waals surface area contributed by atoms with Crippen molar-refractivity contribution in [3.63, 3.8) is 0 Å². The Hall–Kier alpha value is -2.29. The Morgan fingerprint density at radius 3 is 2.62 bits per heavy atom. The van der Waals surface area contributed by atoms with E-state index in [2.05, 4.69) is 17.2 Å². The van der Waals surface area contributed by atoms with Crippen LogP contribution in [0.5, 0.6) is 5.75 Å². The van der Waals surface area contributed by atoms with E-state index in [1.807, 2.05) is 0 Å². The Labute approximate surface area is 147 Å². The molecule has 0 fully saturated rings. The first kappa shape index (κ1) is 18.1. The summed E-state index contributed by atoms with van der Waals surface area (Å²) in [6, 6.07) is 7.51. The number of rotatable bonds is 4. The highest BCUT2D eigenvalue weighted by molar-refractivity contribution is 6.36. The second-order valence-electron chi connectivity index (χ2n) is 4.52. The lowest BCUT2D eigenvalue weighted by Gasteiger charge is -2.04. The summed E-state index contributed by atoms with van der Waals surface area (Å²) in [5.41, 5.74) is 0.285. The molecule has 2 rings (SSSR count). The largest absolute Gasteiger partial charge is 0.478 e. The molecule has 1 amide bonds. The van der Waals surface area contributed by atoms with Crippen molar-refractivity contribution in [2.45, 2.75) is 0 Å². The van der Waals surface area contributed by atoms with Crippen LogP contribution in [-0.4, -0.2) is 19.1 Å². The van der Waals surface area contributed by atoms with E-state index in [0.29, 0.717) is 5.02 Å². The highest BCUT2D eigenvalue weighted by Gasteiger charge is 2.09. The Morgan fingerprint density at radius 1 is 1.12 bits per heavy atom. The summed E-state index contributed by atoms with van der Waals surface area (Å²) in [5.74, 6) is 3.27. The van der Waals surface area contributed by atoms with Crippen LogP contribution in [0.25, 0.3) is 0 Å². The van der Waals surface area contributed by atoms with E-state index in [1.165, 1.54) is 18.2 Å². The van der Waals surface area contributed by atoms with E-state index in [1.54, 1.807) is 6.07 Å². The summed E-state index contributed by atoms with van der Waals surface area (Å²) in [7, 11) is 0. The number of ether oxygens (including phenoxy) is 1. The topological polar surface area (TPSA) is 38.3 Å². The molecule has 0 spiro atoms. The molecule has 0 radical (unpaired) electrons. The fourth-order valence-electron chi connectivity index (χ4n) is 1.71. The minimum Gasteiger partial charge on any atom is -0.478 e. The lowest BCUT2D eigenvalue weighted by atomic mass is 10.2. The summed E-state index contributed by atoms with van der Waals surface area (Å²) in [5, 5.41) is 3.23. The fraction of sp³-hybridized carbons (Fsp3) is 0.118. The van der Waals surface area contributed by atoms with E-state index in [-0.39, 0.29) is 29.5 Å². The van der Waals surface area contributed by atoms with Crippen molar-refractivity contribution in [1.82, 2.24) is 5.32 Å². The molecular weight excluding hydrogens is 359 g/mol. The molecule has 0 unspecified atom stereocenters. The molecule has 0 aromatic heterocycles. The second kappa shape index (κ2) is 8.53. The predicted octanol–water partition coefficient (Wildman–Crippen LogP) is 4.08. The molecule has 3 nitrogen and oxygen atoms in total. The molecule has 0 aliphatic carbocycles. The first-order valence-electron chi connectivity index (χ1n) is 6.74. The first-order valence-corrected chi connectivity index (χ1v) is 7.50. The van der Waals surface area contributed by atoms with E-state index in [4.69, 9.17) is 27.9 Å². The van der Waals surface area contributed by atoms with Crippen LogP contribution in [0.2, 0.25) is 10.0 Å². The van der Waals surface area contributed by atoms with Gasteiger partial charge < -0.3 is 10.1 Å². The van der Waals surface area contributed by atoms with Gasteiger partial charge in [0.2, 0.25) is 0 Å². The van der Waals surface area contributed by atoms with E-state index < -0.39 is 17.5 Å². The molecule has 0 saturated carbocycles. The maximum absolute atomic E-state index is 13.3. The Bertz CT molecular complexity index is 816. The molecule has 0 aliphatic heterocycles. The van der Waals surface area contributed by atoms with Crippen molar-refractivity contribution >= 4 is 29.1 Å². The average Bonchev–Trinajstić information content (AvgIpc) is 2.52. The summed E-state index contributed by atoms with van der Waals surface area (Å²) in [6.07, 6.45) is 0. The van der Waals surface area contributed by atoms with Gasteiger partial charge >= 0.3 is 0 Å². The second-order valence-corrected chi connectivity index (χ2v) is 5.37. The lowest BCUT2D eigenvalue weighted by Crippen LogP contribution is -2.23. The van der Waals surface area contributed by atoms with E-state index in [9.17, 15) is 13.6 Å². The minimum atomic E-state index is -0.803. The van der Waals surface area contributed by atoms with Gasteiger partial charge in [-0.3, -0.25) is 4.79 Å². The third-order valence-electron chi connectivity index (χ3n) is 2.83. The van der Waals surface area contributed by atoms with Crippen LogP contribution >= 0.6 is 23.2 Å². The van der Waals surface area contributed by atoms with Gasteiger partial charge in [-0.15, -0.1) is 0 Å². The summed E-state index contributed by atoms with van der Waals surface area (Å²) in [4.78, 5) is 11.9. The quantitative estimate of drug-likeness (QED) is 0.824. The van der Waals surface area contributed by atoms with Crippen LogP contribution in [0.15, 0.2) is 36.4 Å². The number of nitrogens with one attached hydrogen (secondary N) is 1. The smallest absolute Gasteiger partial charge is 0.253 e. The van der Waals surface area contributed by atoms with Crippen LogP contribution in [0.4, 0.5) is 8.78 Å². The van der Waals surface area contributed by atoms with Crippen LogP contribution in [0.3, 0.4) is 0 Å². The highest BCUT2D eigenvalue weighted by Crippen LogP contribution is 2.20. The minimum absolute atomic E-state index is 0.0625. The molecule has 0 bridgehead atoms. The Kier molecular flexibility index (Phi) is 6.42. The molecule has 2 aromatic rings. The van der Waals surface area contributed by atoms with Gasteiger partial charge in [-0.25, -0.2) is 8.78 Å².